The van der Waals surface area contributed by atoms with E-state index >= 15 is 0 Å². The average molecular weight is 386 g/mol. The Kier molecular flexibility index (Phi) is 4.95. The van der Waals surface area contributed by atoms with Gasteiger partial charge < -0.3 is 5.32 Å². The minimum Gasteiger partial charge on any atom is -0.352 e. The highest BCUT2D eigenvalue weighted by Gasteiger charge is 2.12. The van der Waals surface area contributed by atoms with E-state index in [0.29, 0.717) is 35.4 Å². The largest absolute Gasteiger partial charge is 0.352 e. The van der Waals surface area contributed by atoms with E-state index in [-0.39, 0.29) is 5.56 Å². The highest BCUT2D eigenvalue weighted by atomic mass is 19.1. The van der Waals surface area contributed by atoms with Crippen LogP contribution in [-0.2, 0) is 6.42 Å². The number of hydrogen-bond acceptors (Lipinski definition) is 5. The van der Waals surface area contributed by atoms with E-state index in [1.807, 2.05) is 24.5 Å². The maximum absolute atomic E-state index is 14.1. The molecule has 1 N–H and O–H groups in total. The number of nitrogens with one attached hydrogen (secondary N) is 1. The molecule has 1 amide bonds. The summed E-state index contributed by atoms with van der Waals surface area (Å²) in [4.78, 5) is 25.0. The van der Waals surface area contributed by atoms with Crippen molar-refractivity contribution < 1.29 is 9.18 Å². The Balaban J connectivity index is 1.48. The standard InChI is InChI=1S/C21H15FN6O/c22-17-9-15(19-12-24-5-2-14(19)11-23)8-16(10-17)20(29)25-6-3-18-13-28-7-1-4-26-21(28)27-18/h1-2,4-5,7-10,12-13H,3,6H2,(H,25,29). The number of fused-ring (bicyclic) bond motifs is 1. The molecule has 0 aliphatic heterocycles. The summed E-state index contributed by atoms with van der Waals surface area (Å²) < 4.78 is 15.9. The molecule has 0 spiro atoms. The number of benzene rings is 1. The summed E-state index contributed by atoms with van der Waals surface area (Å²) >= 11 is 0. The lowest BCUT2D eigenvalue weighted by Gasteiger charge is -2.08. The van der Waals surface area contributed by atoms with Gasteiger partial charge in [-0.15, -0.1) is 0 Å². The molecule has 0 aliphatic carbocycles. The number of aromatic nitrogens is 4. The second-order valence-corrected chi connectivity index (χ2v) is 6.33. The zero-order chi connectivity index (χ0) is 20.2. The first-order valence-electron chi connectivity index (χ1n) is 8.86. The van der Waals surface area contributed by atoms with Gasteiger partial charge in [-0.25, -0.2) is 14.4 Å². The van der Waals surface area contributed by atoms with Crippen LogP contribution in [0.5, 0.6) is 0 Å². The van der Waals surface area contributed by atoms with Crippen molar-refractivity contribution in [2.24, 2.45) is 0 Å². The molecule has 8 heteroatoms. The molecule has 0 saturated carbocycles. The third-order valence-electron chi connectivity index (χ3n) is 4.36. The molecule has 3 aromatic heterocycles. The highest BCUT2D eigenvalue weighted by molar-refractivity contribution is 5.95. The Hall–Kier alpha value is -4.12. The molecule has 142 valence electrons. The van der Waals surface area contributed by atoms with E-state index < -0.39 is 11.7 Å². The molecule has 0 unspecified atom stereocenters. The molecular weight excluding hydrogens is 371 g/mol. The first kappa shape index (κ1) is 18.3. The van der Waals surface area contributed by atoms with Gasteiger partial charge in [0.2, 0.25) is 5.78 Å². The lowest BCUT2D eigenvalue weighted by Crippen LogP contribution is -2.26. The van der Waals surface area contributed by atoms with Crippen LogP contribution in [0.3, 0.4) is 0 Å². The van der Waals surface area contributed by atoms with Crippen LogP contribution in [0, 0.1) is 17.1 Å². The number of amides is 1. The minimum atomic E-state index is -0.563. The Morgan fingerprint density at radius 3 is 3.00 bits per heavy atom. The Morgan fingerprint density at radius 1 is 1.28 bits per heavy atom. The summed E-state index contributed by atoms with van der Waals surface area (Å²) in [6.07, 6.45) is 8.84. The number of imidazole rings is 1. The maximum Gasteiger partial charge on any atom is 0.251 e. The van der Waals surface area contributed by atoms with Gasteiger partial charge >= 0.3 is 0 Å². The molecule has 4 rings (SSSR count). The molecule has 3 heterocycles. The van der Waals surface area contributed by atoms with Crippen molar-refractivity contribution in [1.29, 1.82) is 5.26 Å². The quantitative estimate of drug-likeness (QED) is 0.569. The fourth-order valence-electron chi connectivity index (χ4n) is 3.00. The molecule has 29 heavy (non-hydrogen) atoms. The highest BCUT2D eigenvalue weighted by Crippen LogP contribution is 2.24. The van der Waals surface area contributed by atoms with Crippen LogP contribution in [0.25, 0.3) is 16.9 Å². The number of halogens is 1. The van der Waals surface area contributed by atoms with Gasteiger partial charge in [-0.05, 0) is 35.9 Å². The monoisotopic (exact) mass is 386 g/mol. The molecule has 0 aliphatic rings. The van der Waals surface area contributed by atoms with E-state index in [1.54, 1.807) is 22.7 Å². The lowest BCUT2D eigenvalue weighted by molar-refractivity contribution is 0.0953. The molecule has 0 fully saturated rings. The van der Waals surface area contributed by atoms with Gasteiger partial charge in [-0.3, -0.25) is 14.2 Å². The van der Waals surface area contributed by atoms with Crippen LogP contribution in [0.2, 0.25) is 0 Å². The second kappa shape index (κ2) is 7.86. The van der Waals surface area contributed by atoms with Crippen LogP contribution in [0.4, 0.5) is 4.39 Å². The fraction of sp³-hybridized carbons (Fsp3) is 0.0952. The van der Waals surface area contributed by atoms with Gasteiger partial charge in [0.15, 0.2) is 0 Å². The number of hydrogen-bond donors (Lipinski definition) is 1. The number of carbonyl (C=O) groups is 1. The van der Waals surface area contributed by atoms with Crippen molar-refractivity contribution in [3.63, 3.8) is 0 Å². The van der Waals surface area contributed by atoms with Crippen LogP contribution in [0.1, 0.15) is 21.6 Å². The molecule has 0 bridgehead atoms. The number of carbonyl (C=O) groups excluding carboxylic acids is 1. The predicted molar refractivity (Wildman–Crippen MR) is 103 cm³/mol. The summed E-state index contributed by atoms with van der Waals surface area (Å²) in [6.45, 7) is 0.338. The Bertz CT molecular complexity index is 1210. The SMILES string of the molecule is N#Cc1ccncc1-c1cc(F)cc(C(=O)NCCc2cn3cccnc3n2)c1. The summed E-state index contributed by atoms with van der Waals surface area (Å²) in [5, 5.41) is 12.0. The van der Waals surface area contributed by atoms with E-state index in [4.69, 9.17) is 0 Å². The van der Waals surface area contributed by atoms with Crippen molar-refractivity contribution in [3.8, 4) is 17.2 Å². The molecule has 0 saturated heterocycles. The molecule has 1 aromatic carbocycles. The van der Waals surface area contributed by atoms with Gasteiger partial charge in [0, 0.05) is 55.1 Å². The van der Waals surface area contributed by atoms with Crippen LogP contribution in [0.15, 0.2) is 61.3 Å². The molecule has 7 nitrogen and oxygen atoms in total. The van der Waals surface area contributed by atoms with Crippen molar-refractivity contribution in [3.05, 3.63) is 84.0 Å². The van der Waals surface area contributed by atoms with Gasteiger partial charge in [0.25, 0.3) is 5.91 Å². The molecular formula is C21H15FN6O. The average Bonchev–Trinajstić information content (AvgIpc) is 3.16. The molecule has 4 aromatic rings. The third-order valence-corrected chi connectivity index (χ3v) is 4.36. The van der Waals surface area contributed by atoms with Gasteiger partial charge in [-0.2, -0.15) is 5.26 Å². The number of pyridine rings is 1. The fourth-order valence-corrected chi connectivity index (χ4v) is 3.00. The Labute approximate surface area is 165 Å². The van der Waals surface area contributed by atoms with E-state index in [0.717, 1.165) is 11.8 Å². The van der Waals surface area contributed by atoms with E-state index in [2.05, 4.69) is 20.3 Å². The third kappa shape index (κ3) is 3.94. The molecule has 0 radical (unpaired) electrons. The van der Waals surface area contributed by atoms with Crippen LogP contribution < -0.4 is 5.32 Å². The number of nitriles is 1. The smallest absolute Gasteiger partial charge is 0.251 e. The summed E-state index contributed by atoms with van der Waals surface area (Å²) in [7, 11) is 0. The van der Waals surface area contributed by atoms with Gasteiger partial charge in [0.1, 0.15) is 5.82 Å². The minimum absolute atomic E-state index is 0.171. The maximum atomic E-state index is 14.1. The van der Waals surface area contributed by atoms with E-state index in [9.17, 15) is 14.4 Å². The predicted octanol–water partition coefficient (Wildman–Crippen LogP) is 2.77. The normalized spacial score (nSPS) is 10.6. The molecule has 0 atom stereocenters. The van der Waals surface area contributed by atoms with Gasteiger partial charge in [0.05, 0.1) is 17.3 Å². The summed E-state index contributed by atoms with van der Waals surface area (Å²) in [5.41, 5.74) is 2.21. The van der Waals surface area contributed by atoms with Crippen LogP contribution in [-0.4, -0.2) is 31.8 Å². The number of nitrogens with zero attached hydrogens (tertiary/aromatic N) is 5. The van der Waals surface area contributed by atoms with Gasteiger partial charge in [-0.1, -0.05) is 0 Å². The first-order valence-corrected chi connectivity index (χ1v) is 8.86. The first-order chi connectivity index (χ1) is 14.1. The summed E-state index contributed by atoms with van der Waals surface area (Å²) in [6, 6.07) is 9.39. The zero-order valence-electron chi connectivity index (χ0n) is 15.2. The second-order valence-electron chi connectivity index (χ2n) is 6.33. The summed E-state index contributed by atoms with van der Waals surface area (Å²) in [5.74, 6) is -0.379. The number of rotatable bonds is 5. The zero-order valence-corrected chi connectivity index (χ0v) is 15.2. The van der Waals surface area contributed by atoms with Crippen LogP contribution >= 0.6 is 0 Å². The van der Waals surface area contributed by atoms with Crippen molar-refractivity contribution in [2.75, 3.05) is 6.54 Å². The van der Waals surface area contributed by atoms with E-state index in [1.165, 1.54) is 18.5 Å². The Morgan fingerprint density at radius 2 is 2.17 bits per heavy atom. The lowest BCUT2D eigenvalue weighted by atomic mass is 10.00. The topological polar surface area (TPSA) is 96.0 Å². The van der Waals surface area contributed by atoms with Crippen molar-refractivity contribution in [2.45, 2.75) is 6.42 Å². The van der Waals surface area contributed by atoms with Crippen molar-refractivity contribution in [1.82, 2.24) is 24.7 Å². The van der Waals surface area contributed by atoms with Crippen molar-refractivity contribution >= 4 is 11.7 Å².